The molecule has 54 heavy (non-hydrogen) atoms. The van der Waals surface area contributed by atoms with Crippen LogP contribution in [0, 0.1) is 18.3 Å². The number of phenolic OH excluding ortho intramolecular Hbond substituents is 4. The molecule has 0 amide bonds. The highest BCUT2D eigenvalue weighted by Crippen LogP contribution is 2.55. The highest BCUT2D eigenvalue weighted by Gasteiger charge is 2.26. The molecule has 0 aliphatic rings. The molecule has 0 aliphatic carbocycles. The van der Waals surface area contributed by atoms with Crippen molar-refractivity contribution in [3.63, 3.8) is 0 Å². The number of hydrogen-bond acceptors (Lipinski definition) is 6. The maximum atomic E-state index is 11.3. The number of rotatable bonds is 3. The number of fused-ring (bicyclic) bond motifs is 10. The molecule has 2 aromatic heterocycles. The first-order chi connectivity index (χ1) is 26.3. The van der Waals surface area contributed by atoms with Crippen LogP contribution in [0.2, 0.25) is 0 Å². The molecule has 2 heterocycles. The molecule has 0 aliphatic heterocycles. The van der Waals surface area contributed by atoms with Gasteiger partial charge in [-0.1, -0.05) is 91.0 Å². The Morgan fingerprint density at radius 1 is 0.481 bits per heavy atom. The van der Waals surface area contributed by atoms with Gasteiger partial charge >= 0.3 is 0 Å². The Morgan fingerprint density at radius 3 is 1.83 bits per heavy atom. The molecule has 0 radical (unpaired) electrons. The van der Waals surface area contributed by atoms with E-state index < -0.39 is 17.2 Å². The van der Waals surface area contributed by atoms with Crippen molar-refractivity contribution >= 4 is 59.9 Å². The minimum Gasteiger partial charge on any atom is -0.507 e. The average Bonchev–Trinajstić information content (AvgIpc) is 3.62. The van der Waals surface area contributed by atoms with Crippen LogP contribution in [0.4, 0.5) is 0 Å². The molecule has 0 saturated heterocycles. The first kappa shape index (κ1) is 31.2. The predicted molar refractivity (Wildman–Crippen MR) is 215 cm³/mol. The number of nitrogens with zero attached hydrogens (tertiary/aromatic N) is 3. The van der Waals surface area contributed by atoms with Gasteiger partial charge in [-0.05, 0) is 98.6 Å². The van der Waals surface area contributed by atoms with Gasteiger partial charge in [-0.15, -0.1) is 0 Å². The first-order valence-corrected chi connectivity index (χ1v) is 17.5. The van der Waals surface area contributed by atoms with Crippen molar-refractivity contribution in [3.8, 4) is 62.4 Å². The summed E-state index contributed by atoms with van der Waals surface area (Å²) < 4.78 is 2.15. The molecule has 8 aromatic carbocycles. The Hall–Kier alpha value is -7.56. The lowest BCUT2D eigenvalue weighted by atomic mass is 9.84. The van der Waals surface area contributed by atoms with E-state index in [1.54, 1.807) is 0 Å². The zero-order valence-corrected chi connectivity index (χ0v) is 28.8. The van der Waals surface area contributed by atoms with Crippen LogP contribution in [-0.2, 0) is 0 Å². The van der Waals surface area contributed by atoms with Gasteiger partial charge in [-0.25, -0.2) is 4.98 Å². The monoisotopic (exact) mass is 699 g/mol. The van der Waals surface area contributed by atoms with E-state index in [0.29, 0.717) is 11.1 Å². The van der Waals surface area contributed by atoms with Gasteiger partial charge in [0.15, 0.2) is 11.5 Å². The summed E-state index contributed by atoms with van der Waals surface area (Å²) >= 11 is 0. The number of phenols is 4. The molecule has 10 rings (SSSR count). The van der Waals surface area contributed by atoms with Gasteiger partial charge < -0.3 is 20.4 Å². The summed E-state index contributed by atoms with van der Waals surface area (Å²) in [5, 5.41) is 59.7. The minimum atomic E-state index is -0.680. The number of para-hydroxylation sites is 2. The van der Waals surface area contributed by atoms with Crippen molar-refractivity contribution in [2.45, 2.75) is 6.92 Å². The minimum absolute atomic E-state index is 0.0558. The second-order valence-electron chi connectivity index (χ2n) is 13.7. The Kier molecular flexibility index (Phi) is 6.63. The Morgan fingerprint density at radius 2 is 1.11 bits per heavy atom. The van der Waals surface area contributed by atoms with Crippen LogP contribution < -0.4 is 0 Å². The van der Waals surface area contributed by atoms with Gasteiger partial charge in [0, 0.05) is 21.9 Å². The lowest BCUT2D eigenvalue weighted by molar-refractivity contribution is 0.360. The second kappa shape index (κ2) is 11.5. The van der Waals surface area contributed by atoms with E-state index in [0.717, 1.165) is 82.2 Å². The van der Waals surface area contributed by atoms with E-state index in [9.17, 15) is 25.7 Å². The molecule has 0 bridgehead atoms. The van der Waals surface area contributed by atoms with Gasteiger partial charge in [0.2, 0.25) is 5.75 Å². The van der Waals surface area contributed by atoms with Crippen molar-refractivity contribution in [2.75, 3.05) is 0 Å². The second-order valence-corrected chi connectivity index (χ2v) is 13.7. The summed E-state index contributed by atoms with van der Waals surface area (Å²) in [6.07, 6.45) is 0. The molecule has 10 aromatic rings. The van der Waals surface area contributed by atoms with Crippen molar-refractivity contribution in [1.82, 2.24) is 9.38 Å². The van der Waals surface area contributed by atoms with Gasteiger partial charge in [0.05, 0.1) is 33.7 Å². The van der Waals surface area contributed by atoms with Crippen molar-refractivity contribution < 1.29 is 20.4 Å². The number of nitriles is 1. The van der Waals surface area contributed by atoms with Gasteiger partial charge in [-0.3, -0.25) is 4.40 Å². The fourth-order valence-corrected chi connectivity index (χ4v) is 8.23. The number of benzene rings is 8. The quantitative estimate of drug-likeness (QED) is 0.0630. The molecule has 0 atom stereocenters. The third-order valence-electron chi connectivity index (χ3n) is 10.8. The zero-order chi connectivity index (χ0) is 36.8. The van der Waals surface area contributed by atoms with Crippen molar-refractivity contribution in [1.29, 1.82) is 5.26 Å². The molecule has 7 heteroatoms. The number of aromatic nitrogens is 2. The molecule has 0 spiro atoms. The summed E-state index contributed by atoms with van der Waals surface area (Å²) in [5.74, 6) is -2.14. The maximum Gasteiger partial charge on any atom is 0.201 e. The molecular formula is C47H29N3O4. The van der Waals surface area contributed by atoms with Crippen LogP contribution in [0.3, 0.4) is 0 Å². The highest BCUT2D eigenvalue weighted by molar-refractivity contribution is 6.23. The highest BCUT2D eigenvalue weighted by atomic mass is 16.3. The van der Waals surface area contributed by atoms with Crippen LogP contribution in [0.25, 0.3) is 93.3 Å². The van der Waals surface area contributed by atoms with Crippen LogP contribution in [0.15, 0.2) is 133 Å². The Labute approximate surface area is 308 Å². The molecule has 0 fully saturated rings. The van der Waals surface area contributed by atoms with Gasteiger partial charge in [0.25, 0.3) is 0 Å². The molecule has 0 unspecified atom stereocenters. The van der Waals surface area contributed by atoms with Crippen LogP contribution >= 0.6 is 0 Å². The smallest absolute Gasteiger partial charge is 0.201 e. The lowest BCUT2D eigenvalue weighted by Crippen LogP contribution is -1.94. The predicted octanol–water partition coefficient (Wildman–Crippen LogP) is 11.1. The van der Waals surface area contributed by atoms with Crippen LogP contribution in [0.5, 0.6) is 23.0 Å². The van der Waals surface area contributed by atoms with E-state index in [2.05, 4.69) is 52.9 Å². The Bertz CT molecular complexity index is 3220. The van der Waals surface area contributed by atoms with Gasteiger partial charge in [-0.2, -0.15) is 5.26 Å². The maximum absolute atomic E-state index is 11.3. The zero-order valence-electron chi connectivity index (χ0n) is 28.8. The number of pyridine rings is 1. The average molecular weight is 700 g/mol. The molecule has 256 valence electrons. The number of hydrogen-bond donors (Lipinski definition) is 4. The van der Waals surface area contributed by atoms with E-state index in [1.807, 2.05) is 91.0 Å². The standard InChI is InChI=1S/C47H29N3O4/c1-25-43(51)42(45(53)46(54)44(25)52)41-33-13-4-2-11-31(33)40(32-12-3-5-14-34(32)41)29-10-8-9-27(22-29)28-18-20-35-36(23-28)30-19-17-26(24-48)21-39(30)50-38-16-7-6-15-37(38)49-47(35)50/h2-23,51-54H,1H3. The van der Waals surface area contributed by atoms with Gasteiger partial charge in [0.1, 0.15) is 11.4 Å². The fraction of sp³-hybridized carbons (Fsp3) is 0.0213. The summed E-state index contributed by atoms with van der Waals surface area (Å²) in [5.41, 5.74) is 8.87. The SMILES string of the molecule is Cc1c(O)c(O)c(O)c(-c2c3ccccc3c(-c3cccc(-c4ccc5c(c4)c4ccc(C#N)cc4n4c6ccccc6nc54)c3)c3ccccc23)c1O. The van der Waals surface area contributed by atoms with E-state index in [4.69, 9.17) is 4.98 Å². The molecule has 0 saturated carbocycles. The van der Waals surface area contributed by atoms with Crippen molar-refractivity contribution in [3.05, 3.63) is 145 Å². The summed E-state index contributed by atoms with van der Waals surface area (Å²) in [4.78, 5) is 5.04. The van der Waals surface area contributed by atoms with Crippen LogP contribution in [0.1, 0.15) is 11.1 Å². The molecular weight excluding hydrogens is 671 g/mol. The summed E-state index contributed by atoms with van der Waals surface area (Å²) in [6.45, 7) is 1.50. The lowest BCUT2D eigenvalue weighted by Gasteiger charge is -2.20. The number of aromatic hydroxyl groups is 4. The van der Waals surface area contributed by atoms with E-state index in [1.165, 1.54) is 6.92 Å². The van der Waals surface area contributed by atoms with Crippen molar-refractivity contribution in [2.24, 2.45) is 0 Å². The molecule has 4 N–H and O–H groups in total. The van der Waals surface area contributed by atoms with E-state index in [-0.39, 0.29) is 16.9 Å². The largest absolute Gasteiger partial charge is 0.507 e. The topological polar surface area (TPSA) is 122 Å². The number of imidazole rings is 1. The third kappa shape index (κ3) is 4.31. The normalized spacial score (nSPS) is 11.7. The summed E-state index contributed by atoms with van der Waals surface area (Å²) in [7, 11) is 0. The fourth-order valence-electron chi connectivity index (χ4n) is 8.23. The van der Waals surface area contributed by atoms with Crippen LogP contribution in [-0.4, -0.2) is 29.8 Å². The molecule has 7 nitrogen and oxygen atoms in total. The third-order valence-corrected chi connectivity index (χ3v) is 10.8. The van der Waals surface area contributed by atoms with E-state index >= 15 is 0 Å². The first-order valence-electron chi connectivity index (χ1n) is 17.5. The summed E-state index contributed by atoms with van der Waals surface area (Å²) in [6, 6.07) is 46.7. The Balaban J connectivity index is 1.22.